The first-order valence-electron chi connectivity index (χ1n) is 10.7. The molecule has 0 bridgehead atoms. The molecule has 0 spiro atoms. The van der Waals surface area contributed by atoms with Crippen molar-refractivity contribution in [3.05, 3.63) is 92.5 Å². The summed E-state index contributed by atoms with van der Waals surface area (Å²) in [5, 5.41) is 11.7. The second-order valence-electron chi connectivity index (χ2n) is 8.17. The Morgan fingerprint density at radius 3 is 2.20 bits per heavy atom. The molecule has 1 atom stereocenters. The minimum absolute atomic E-state index is 0.100. The van der Waals surface area contributed by atoms with Gasteiger partial charge in [0.15, 0.2) is 5.75 Å². The van der Waals surface area contributed by atoms with Gasteiger partial charge in [-0.25, -0.2) is 0 Å². The molecule has 1 saturated heterocycles. The van der Waals surface area contributed by atoms with Crippen LogP contribution in [-0.2, 0) is 9.59 Å². The van der Waals surface area contributed by atoms with Gasteiger partial charge in [-0.15, -0.1) is 0 Å². The van der Waals surface area contributed by atoms with Crippen LogP contribution >= 0.6 is 23.2 Å². The third kappa shape index (κ3) is 4.24. The highest BCUT2D eigenvalue weighted by molar-refractivity contribution is 6.52. The molecule has 1 aliphatic rings. The fraction of sp³-hybridized carbons (Fsp3) is 0.185. The molecular weight excluding hydrogens is 489 g/mol. The lowest BCUT2D eigenvalue weighted by Crippen LogP contribution is -2.30. The largest absolute Gasteiger partial charge is 0.507 e. The Hall–Kier alpha value is -3.48. The van der Waals surface area contributed by atoms with Gasteiger partial charge in [0.05, 0.1) is 35.9 Å². The number of carbonyl (C=O) groups excluding carboxylic acids is 2. The Kier molecular flexibility index (Phi) is 6.79. The van der Waals surface area contributed by atoms with E-state index in [1.807, 2.05) is 26.0 Å². The van der Waals surface area contributed by atoms with Crippen LogP contribution in [-0.4, -0.2) is 31.0 Å². The Bertz CT molecular complexity index is 1360. The van der Waals surface area contributed by atoms with Gasteiger partial charge in [-0.05, 0) is 43.7 Å². The van der Waals surface area contributed by atoms with Crippen molar-refractivity contribution in [2.24, 2.45) is 0 Å². The highest BCUT2D eigenvalue weighted by Gasteiger charge is 2.48. The lowest BCUT2D eigenvalue weighted by Gasteiger charge is -2.28. The van der Waals surface area contributed by atoms with Crippen molar-refractivity contribution in [3.8, 4) is 11.5 Å². The monoisotopic (exact) mass is 511 g/mol. The first kappa shape index (κ1) is 24.6. The van der Waals surface area contributed by atoms with Gasteiger partial charge in [-0.1, -0.05) is 59.1 Å². The van der Waals surface area contributed by atoms with E-state index in [0.29, 0.717) is 17.0 Å². The molecule has 1 amide bonds. The number of halogens is 2. The van der Waals surface area contributed by atoms with Gasteiger partial charge in [-0.3, -0.25) is 14.5 Å². The number of aliphatic hydroxyl groups excluding tert-OH is 1. The average molecular weight is 512 g/mol. The van der Waals surface area contributed by atoms with E-state index in [2.05, 4.69) is 0 Å². The quantitative estimate of drug-likeness (QED) is 0.248. The molecule has 0 radical (unpaired) electrons. The number of rotatable bonds is 5. The van der Waals surface area contributed by atoms with Crippen LogP contribution in [0.25, 0.3) is 5.76 Å². The van der Waals surface area contributed by atoms with Crippen molar-refractivity contribution in [3.63, 3.8) is 0 Å². The molecule has 180 valence electrons. The molecule has 1 heterocycles. The molecule has 0 aliphatic carbocycles. The second kappa shape index (κ2) is 9.64. The number of aryl methyl sites for hydroxylation is 2. The van der Waals surface area contributed by atoms with Gasteiger partial charge in [0.25, 0.3) is 11.7 Å². The zero-order chi connectivity index (χ0) is 25.4. The molecule has 35 heavy (non-hydrogen) atoms. The SMILES string of the molecule is COc1ccccc1C1/C(=C(\O)c2cc(Cl)c(OC)c(Cl)c2)C(=O)C(=O)N1c1ccc(C)cc1C. The number of para-hydroxylation sites is 1. The number of ketones is 1. The van der Waals surface area contributed by atoms with Gasteiger partial charge < -0.3 is 14.6 Å². The fourth-order valence-electron chi connectivity index (χ4n) is 4.39. The smallest absolute Gasteiger partial charge is 0.300 e. The van der Waals surface area contributed by atoms with E-state index >= 15 is 0 Å². The average Bonchev–Trinajstić information content (AvgIpc) is 3.08. The molecular formula is C27H23Cl2NO5. The maximum atomic E-state index is 13.4. The van der Waals surface area contributed by atoms with E-state index < -0.39 is 23.5 Å². The van der Waals surface area contributed by atoms with E-state index in [1.165, 1.54) is 31.3 Å². The Labute approximate surface area is 213 Å². The Balaban J connectivity index is 2.02. The first-order chi connectivity index (χ1) is 16.7. The summed E-state index contributed by atoms with van der Waals surface area (Å²) in [7, 11) is 2.93. The van der Waals surface area contributed by atoms with Gasteiger partial charge in [0, 0.05) is 16.8 Å². The van der Waals surface area contributed by atoms with Crippen LogP contribution in [0.3, 0.4) is 0 Å². The number of aliphatic hydroxyl groups is 1. The van der Waals surface area contributed by atoms with Crippen molar-refractivity contribution in [1.29, 1.82) is 0 Å². The first-order valence-corrected chi connectivity index (χ1v) is 11.5. The van der Waals surface area contributed by atoms with E-state index in [9.17, 15) is 14.7 Å². The van der Waals surface area contributed by atoms with Gasteiger partial charge in [0.2, 0.25) is 0 Å². The molecule has 6 nitrogen and oxygen atoms in total. The predicted octanol–water partition coefficient (Wildman–Crippen LogP) is 6.25. The highest BCUT2D eigenvalue weighted by atomic mass is 35.5. The van der Waals surface area contributed by atoms with Crippen LogP contribution in [0.2, 0.25) is 10.0 Å². The van der Waals surface area contributed by atoms with Crippen LogP contribution in [0.1, 0.15) is 28.3 Å². The number of hydrogen-bond donors (Lipinski definition) is 1. The molecule has 0 saturated carbocycles. The second-order valence-corrected chi connectivity index (χ2v) is 8.99. The minimum atomic E-state index is -0.952. The molecule has 1 fully saturated rings. The van der Waals surface area contributed by atoms with E-state index in [4.69, 9.17) is 32.7 Å². The number of benzene rings is 3. The maximum Gasteiger partial charge on any atom is 0.300 e. The molecule has 4 rings (SSSR count). The predicted molar refractivity (Wildman–Crippen MR) is 137 cm³/mol. The van der Waals surface area contributed by atoms with Crippen molar-refractivity contribution >= 4 is 46.3 Å². The molecule has 1 aliphatic heterocycles. The molecule has 3 aromatic carbocycles. The van der Waals surface area contributed by atoms with Crippen LogP contribution in [0.5, 0.6) is 11.5 Å². The standard InChI is InChI=1S/C27H23Cl2NO5/c1-14-9-10-20(15(2)11-14)30-23(17-7-5-6-8-21(17)34-3)22(25(32)27(30)33)24(31)16-12-18(28)26(35-4)19(29)13-16/h5-13,23,31H,1-4H3/b24-22+. The van der Waals surface area contributed by atoms with Crippen LogP contribution in [0, 0.1) is 13.8 Å². The van der Waals surface area contributed by atoms with E-state index in [1.54, 1.807) is 30.3 Å². The van der Waals surface area contributed by atoms with Crippen LogP contribution in [0.15, 0.2) is 60.2 Å². The molecule has 0 aromatic heterocycles. The van der Waals surface area contributed by atoms with Gasteiger partial charge in [-0.2, -0.15) is 0 Å². The lowest BCUT2D eigenvalue weighted by atomic mass is 9.94. The van der Waals surface area contributed by atoms with Crippen molar-refractivity contribution < 1.29 is 24.2 Å². The summed E-state index contributed by atoms with van der Waals surface area (Å²) >= 11 is 12.6. The third-order valence-corrected chi connectivity index (χ3v) is 6.53. The van der Waals surface area contributed by atoms with E-state index in [0.717, 1.165) is 11.1 Å². The summed E-state index contributed by atoms with van der Waals surface area (Å²) in [4.78, 5) is 28.2. The summed E-state index contributed by atoms with van der Waals surface area (Å²) in [5.41, 5.74) is 3.00. The topological polar surface area (TPSA) is 76.1 Å². The maximum absolute atomic E-state index is 13.4. The molecule has 1 unspecified atom stereocenters. The van der Waals surface area contributed by atoms with Crippen LogP contribution in [0.4, 0.5) is 5.69 Å². The van der Waals surface area contributed by atoms with Crippen molar-refractivity contribution in [2.45, 2.75) is 19.9 Å². The Morgan fingerprint density at radius 2 is 1.60 bits per heavy atom. The molecule has 8 heteroatoms. The van der Waals surface area contributed by atoms with Crippen molar-refractivity contribution in [2.75, 3.05) is 19.1 Å². The zero-order valence-corrected chi connectivity index (χ0v) is 21.1. The number of amides is 1. The van der Waals surface area contributed by atoms with Gasteiger partial charge >= 0.3 is 0 Å². The van der Waals surface area contributed by atoms with E-state index in [-0.39, 0.29) is 26.9 Å². The lowest BCUT2D eigenvalue weighted by molar-refractivity contribution is -0.132. The fourth-order valence-corrected chi connectivity index (χ4v) is 5.03. The third-order valence-electron chi connectivity index (χ3n) is 5.97. The summed E-state index contributed by atoms with van der Waals surface area (Å²) < 4.78 is 10.7. The number of methoxy groups -OCH3 is 2. The van der Waals surface area contributed by atoms with Gasteiger partial charge in [0.1, 0.15) is 11.5 Å². The molecule has 1 N–H and O–H groups in total. The Morgan fingerprint density at radius 1 is 0.943 bits per heavy atom. The highest BCUT2D eigenvalue weighted by Crippen LogP contribution is 2.46. The van der Waals surface area contributed by atoms with Crippen molar-refractivity contribution in [1.82, 2.24) is 0 Å². The summed E-state index contributed by atoms with van der Waals surface area (Å²) in [6.45, 7) is 3.81. The number of ether oxygens (including phenoxy) is 2. The number of anilines is 1. The summed E-state index contributed by atoms with van der Waals surface area (Å²) in [5.74, 6) is -1.30. The zero-order valence-electron chi connectivity index (χ0n) is 19.6. The number of Topliss-reactive ketones (excluding diaryl/α,β-unsaturated/α-hetero) is 1. The van der Waals surface area contributed by atoms with Crippen LogP contribution < -0.4 is 14.4 Å². The summed E-state index contributed by atoms with van der Waals surface area (Å²) in [6.07, 6.45) is 0. The summed E-state index contributed by atoms with van der Waals surface area (Å²) in [6, 6.07) is 14.6. The normalized spacial score (nSPS) is 17.1. The minimum Gasteiger partial charge on any atom is -0.507 e. The number of hydrogen-bond acceptors (Lipinski definition) is 5. The number of carbonyl (C=O) groups is 2. The molecule has 3 aromatic rings. The number of nitrogens with zero attached hydrogens (tertiary/aromatic N) is 1.